The van der Waals surface area contributed by atoms with E-state index in [4.69, 9.17) is 11.6 Å². The van der Waals surface area contributed by atoms with Crippen LogP contribution >= 0.6 is 11.6 Å². The van der Waals surface area contributed by atoms with E-state index >= 15 is 0 Å². The molecule has 0 spiro atoms. The molecule has 0 radical (unpaired) electrons. The van der Waals surface area contributed by atoms with Crippen LogP contribution in [0.3, 0.4) is 0 Å². The van der Waals surface area contributed by atoms with Gasteiger partial charge in [-0.05, 0) is 41.8 Å². The molecule has 0 bridgehead atoms. The second-order valence-corrected chi connectivity index (χ2v) is 5.40. The van der Waals surface area contributed by atoms with Gasteiger partial charge in [-0.25, -0.2) is 0 Å². The van der Waals surface area contributed by atoms with Crippen LogP contribution in [0, 0.1) is 24.7 Å². The summed E-state index contributed by atoms with van der Waals surface area (Å²) in [7, 11) is 0. The molecule has 2 rings (SSSR count). The van der Waals surface area contributed by atoms with Crippen LogP contribution in [0.2, 0.25) is 5.02 Å². The molecule has 0 aliphatic heterocycles. The van der Waals surface area contributed by atoms with Gasteiger partial charge in [0, 0.05) is 16.5 Å². The Morgan fingerprint density at radius 1 is 0.947 bits per heavy atom. The number of aryl methyl sites for hydroxylation is 1. The van der Waals surface area contributed by atoms with Crippen molar-refractivity contribution in [1.29, 1.82) is 0 Å². The zero-order valence-electron chi connectivity index (χ0n) is 11.5. The summed E-state index contributed by atoms with van der Waals surface area (Å²) in [4.78, 5) is 0. The van der Waals surface area contributed by atoms with Crippen molar-refractivity contribution < 1.29 is 0 Å². The Hall–Kier alpha value is -1.71. The number of hydrogen-bond donors (Lipinski definition) is 0. The maximum absolute atomic E-state index is 5.92. The number of hydrogen-bond acceptors (Lipinski definition) is 0. The van der Waals surface area contributed by atoms with Gasteiger partial charge >= 0.3 is 0 Å². The Labute approximate surface area is 120 Å². The third kappa shape index (κ3) is 3.63. The Bertz CT molecular complexity index is 625. The lowest BCUT2D eigenvalue weighted by molar-refractivity contribution is 0.866. The highest BCUT2D eigenvalue weighted by molar-refractivity contribution is 6.30. The van der Waals surface area contributed by atoms with Crippen molar-refractivity contribution in [3.8, 4) is 23.0 Å². The molecule has 2 aromatic rings. The molecule has 0 atom stereocenters. The molecule has 0 saturated heterocycles. The molecule has 0 fully saturated rings. The van der Waals surface area contributed by atoms with E-state index in [9.17, 15) is 0 Å². The maximum Gasteiger partial charge on any atom is 0.0406 e. The fraction of sp³-hybridized carbons (Fsp3) is 0.222. The van der Waals surface area contributed by atoms with E-state index in [1.54, 1.807) is 0 Å². The van der Waals surface area contributed by atoms with Crippen molar-refractivity contribution in [1.82, 2.24) is 0 Å². The SMILES string of the molecule is Cc1ccc(-c2ccc(Cl)cc2)cc1C#CC(C)C. The summed E-state index contributed by atoms with van der Waals surface area (Å²) < 4.78 is 0. The number of rotatable bonds is 1. The fourth-order valence-electron chi connectivity index (χ4n) is 1.80. The number of benzene rings is 2. The van der Waals surface area contributed by atoms with E-state index in [-0.39, 0.29) is 0 Å². The van der Waals surface area contributed by atoms with Gasteiger partial charge in [-0.2, -0.15) is 0 Å². The third-order valence-electron chi connectivity index (χ3n) is 2.91. The molecular weight excluding hydrogens is 252 g/mol. The summed E-state index contributed by atoms with van der Waals surface area (Å²) in [6.45, 7) is 6.30. The van der Waals surface area contributed by atoms with Crippen molar-refractivity contribution in [2.24, 2.45) is 5.92 Å². The molecular formula is C18H17Cl. The molecule has 0 N–H and O–H groups in total. The van der Waals surface area contributed by atoms with Crippen molar-refractivity contribution in [2.75, 3.05) is 0 Å². The molecule has 0 aliphatic carbocycles. The Morgan fingerprint density at radius 2 is 1.58 bits per heavy atom. The summed E-state index contributed by atoms with van der Waals surface area (Å²) in [5.41, 5.74) is 4.65. The summed E-state index contributed by atoms with van der Waals surface area (Å²) in [6, 6.07) is 14.3. The van der Waals surface area contributed by atoms with E-state index in [1.165, 1.54) is 11.1 Å². The van der Waals surface area contributed by atoms with Crippen LogP contribution in [0.5, 0.6) is 0 Å². The molecule has 0 heterocycles. The van der Waals surface area contributed by atoms with E-state index in [2.05, 4.69) is 50.8 Å². The molecule has 0 aromatic heterocycles. The van der Waals surface area contributed by atoms with E-state index in [1.807, 2.05) is 24.3 Å². The normalized spacial score (nSPS) is 10.2. The Balaban J connectivity index is 2.41. The van der Waals surface area contributed by atoms with Crippen LogP contribution in [0.15, 0.2) is 42.5 Å². The summed E-state index contributed by atoms with van der Waals surface area (Å²) >= 11 is 5.92. The highest BCUT2D eigenvalue weighted by Gasteiger charge is 2.01. The molecule has 1 heteroatoms. The largest absolute Gasteiger partial charge is 0.0951 e. The predicted molar refractivity (Wildman–Crippen MR) is 83.3 cm³/mol. The quantitative estimate of drug-likeness (QED) is 0.614. The van der Waals surface area contributed by atoms with E-state index in [0.29, 0.717) is 5.92 Å². The molecule has 0 amide bonds. The fourth-order valence-corrected chi connectivity index (χ4v) is 1.93. The lowest BCUT2D eigenvalue weighted by Gasteiger charge is -2.05. The van der Waals surface area contributed by atoms with Gasteiger partial charge < -0.3 is 0 Å². The zero-order chi connectivity index (χ0) is 13.8. The van der Waals surface area contributed by atoms with E-state index in [0.717, 1.165) is 16.1 Å². The van der Waals surface area contributed by atoms with Gasteiger partial charge in [-0.15, -0.1) is 0 Å². The van der Waals surface area contributed by atoms with Crippen LogP contribution in [0.4, 0.5) is 0 Å². The average Bonchev–Trinajstić information content (AvgIpc) is 2.39. The lowest BCUT2D eigenvalue weighted by atomic mass is 9.99. The summed E-state index contributed by atoms with van der Waals surface area (Å²) in [6.07, 6.45) is 0. The highest BCUT2D eigenvalue weighted by atomic mass is 35.5. The molecule has 19 heavy (non-hydrogen) atoms. The first-order valence-electron chi connectivity index (χ1n) is 6.44. The standard InChI is InChI=1S/C18H17Cl/c1-13(2)4-6-16-12-17(7-5-14(16)3)15-8-10-18(19)11-9-15/h5,7-13H,1-3H3. The van der Waals surface area contributed by atoms with Crippen LogP contribution < -0.4 is 0 Å². The van der Waals surface area contributed by atoms with Gasteiger partial charge in [0.25, 0.3) is 0 Å². The number of halogens is 1. The van der Waals surface area contributed by atoms with Crippen molar-refractivity contribution in [2.45, 2.75) is 20.8 Å². The minimum absolute atomic E-state index is 0.388. The van der Waals surface area contributed by atoms with Crippen molar-refractivity contribution in [3.63, 3.8) is 0 Å². The first-order valence-corrected chi connectivity index (χ1v) is 6.82. The summed E-state index contributed by atoms with van der Waals surface area (Å²) in [5.74, 6) is 6.86. The Morgan fingerprint density at radius 3 is 2.21 bits per heavy atom. The van der Waals surface area contributed by atoms with Crippen molar-refractivity contribution in [3.05, 3.63) is 58.6 Å². The molecule has 0 unspecified atom stereocenters. The van der Waals surface area contributed by atoms with Gasteiger partial charge in [-0.3, -0.25) is 0 Å². The minimum Gasteiger partial charge on any atom is -0.0951 e. The summed E-state index contributed by atoms with van der Waals surface area (Å²) in [5, 5.41) is 0.760. The van der Waals surface area contributed by atoms with Crippen LogP contribution in [-0.2, 0) is 0 Å². The van der Waals surface area contributed by atoms with Crippen molar-refractivity contribution >= 4 is 11.6 Å². The van der Waals surface area contributed by atoms with Crippen LogP contribution in [0.1, 0.15) is 25.0 Å². The zero-order valence-corrected chi connectivity index (χ0v) is 12.3. The monoisotopic (exact) mass is 268 g/mol. The topological polar surface area (TPSA) is 0 Å². The van der Waals surface area contributed by atoms with Crippen LogP contribution in [-0.4, -0.2) is 0 Å². The molecule has 0 aliphatic rings. The maximum atomic E-state index is 5.92. The minimum atomic E-state index is 0.388. The van der Waals surface area contributed by atoms with Crippen LogP contribution in [0.25, 0.3) is 11.1 Å². The smallest absolute Gasteiger partial charge is 0.0406 e. The average molecular weight is 269 g/mol. The van der Waals surface area contributed by atoms with Gasteiger partial charge in [-0.1, -0.05) is 61.6 Å². The predicted octanol–water partition coefficient (Wildman–Crippen LogP) is 5.32. The molecule has 0 saturated carbocycles. The van der Waals surface area contributed by atoms with Gasteiger partial charge in [0.05, 0.1) is 0 Å². The van der Waals surface area contributed by atoms with Gasteiger partial charge in [0.2, 0.25) is 0 Å². The van der Waals surface area contributed by atoms with Gasteiger partial charge in [0.15, 0.2) is 0 Å². The first-order chi connectivity index (χ1) is 9.06. The van der Waals surface area contributed by atoms with E-state index < -0.39 is 0 Å². The van der Waals surface area contributed by atoms with Gasteiger partial charge in [0.1, 0.15) is 0 Å². The lowest BCUT2D eigenvalue weighted by Crippen LogP contribution is -1.86. The second kappa shape index (κ2) is 5.95. The third-order valence-corrected chi connectivity index (χ3v) is 3.16. The second-order valence-electron chi connectivity index (χ2n) is 4.96. The molecule has 0 nitrogen and oxygen atoms in total. The molecule has 2 aromatic carbocycles. The molecule has 96 valence electrons. The Kier molecular flexibility index (Phi) is 4.30. The first kappa shape index (κ1) is 13.7. The highest BCUT2D eigenvalue weighted by Crippen LogP contribution is 2.23.